The van der Waals surface area contributed by atoms with Crippen LogP contribution in [0.4, 0.5) is 5.82 Å². The van der Waals surface area contributed by atoms with Crippen molar-refractivity contribution in [1.29, 1.82) is 0 Å². The minimum Gasteiger partial charge on any atom is -0.376 e. The maximum absolute atomic E-state index is 13.8. The van der Waals surface area contributed by atoms with E-state index in [0.717, 1.165) is 73.0 Å². The Morgan fingerprint density at radius 1 is 1.09 bits per heavy atom. The zero-order valence-corrected chi connectivity index (χ0v) is 27.1. The predicted molar refractivity (Wildman–Crippen MR) is 171 cm³/mol. The van der Waals surface area contributed by atoms with Crippen molar-refractivity contribution < 1.29 is 27.2 Å². The number of sulfonamides is 1. The summed E-state index contributed by atoms with van der Waals surface area (Å²) in [6.45, 7) is 7.58. The standard InChI is InChI=1S/C34H42N4O6S/c1-4-6-13-31-35-34(16-9-10-17-34)33(39)38(31)19-24-14-15-28(25(18-24)20-43-26-21-42-22-26)29-11-7-8-12-30(29)45(40,41)37-32-27(5-2)23(3)44-36-32/h7-8,11-12,14-15,18,26H,4-6,9-10,13,16-17,19-22H2,1-3H3,(H,36,37). The summed E-state index contributed by atoms with van der Waals surface area (Å²) in [6, 6.07) is 12.9. The molecule has 45 heavy (non-hydrogen) atoms. The van der Waals surface area contributed by atoms with Crippen molar-refractivity contribution in [1.82, 2.24) is 10.1 Å². The number of carbonyl (C=O) groups is 1. The number of aliphatic imine (C=N–C) groups is 1. The smallest absolute Gasteiger partial charge is 0.263 e. The summed E-state index contributed by atoms with van der Waals surface area (Å²) in [5, 5.41) is 3.96. The first-order valence-electron chi connectivity index (χ1n) is 16.0. The Bertz CT molecular complexity index is 1690. The van der Waals surface area contributed by atoms with Crippen LogP contribution < -0.4 is 4.72 Å². The Hall–Kier alpha value is -3.54. The molecule has 10 nitrogen and oxygen atoms in total. The van der Waals surface area contributed by atoms with Crippen molar-refractivity contribution >= 4 is 27.6 Å². The third-order valence-electron chi connectivity index (χ3n) is 9.11. The van der Waals surface area contributed by atoms with E-state index < -0.39 is 15.6 Å². The van der Waals surface area contributed by atoms with Crippen molar-refractivity contribution in [3.8, 4) is 11.1 Å². The third kappa shape index (κ3) is 6.30. The van der Waals surface area contributed by atoms with Gasteiger partial charge < -0.3 is 14.0 Å². The Balaban J connectivity index is 1.34. The molecule has 1 saturated heterocycles. The fourth-order valence-corrected chi connectivity index (χ4v) is 7.77. The molecule has 2 aliphatic heterocycles. The Morgan fingerprint density at radius 2 is 1.87 bits per heavy atom. The summed E-state index contributed by atoms with van der Waals surface area (Å²) in [5.74, 6) is 1.77. The number of hydrogen-bond donors (Lipinski definition) is 1. The van der Waals surface area contributed by atoms with Gasteiger partial charge in [0.05, 0.1) is 31.3 Å². The molecule has 11 heteroatoms. The van der Waals surface area contributed by atoms with Gasteiger partial charge in [0.25, 0.3) is 15.9 Å². The van der Waals surface area contributed by atoms with E-state index in [-0.39, 0.29) is 29.3 Å². The minimum atomic E-state index is -4.02. The van der Waals surface area contributed by atoms with Crippen LogP contribution in [0.5, 0.6) is 0 Å². The summed E-state index contributed by atoms with van der Waals surface area (Å²) >= 11 is 0. The van der Waals surface area contributed by atoms with Gasteiger partial charge in [-0.1, -0.05) is 74.7 Å². The Kier molecular flexibility index (Phi) is 9.12. The molecule has 3 aliphatic rings. The first-order valence-corrected chi connectivity index (χ1v) is 17.5. The summed E-state index contributed by atoms with van der Waals surface area (Å²) in [7, 11) is -4.02. The predicted octanol–water partition coefficient (Wildman–Crippen LogP) is 6.17. The molecule has 1 N–H and O–H groups in total. The minimum absolute atomic E-state index is 0.0137. The van der Waals surface area contributed by atoms with E-state index in [1.54, 1.807) is 25.1 Å². The van der Waals surface area contributed by atoms with E-state index >= 15 is 0 Å². The molecule has 240 valence electrons. The van der Waals surface area contributed by atoms with Gasteiger partial charge in [-0.15, -0.1) is 0 Å². The second-order valence-electron chi connectivity index (χ2n) is 12.2. The van der Waals surface area contributed by atoms with Crippen LogP contribution in [-0.2, 0) is 43.9 Å². The molecule has 0 radical (unpaired) electrons. The summed E-state index contributed by atoms with van der Waals surface area (Å²) in [5.41, 5.74) is 3.19. The molecule has 6 rings (SSSR count). The average molecular weight is 635 g/mol. The number of ether oxygens (including phenoxy) is 2. The second-order valence-corrected chi connectivity index (χ2v) is 13.9. The van der Waals surface area contributed by atoms with Gasteiger partial charge >= 0.3 is 0 Å². The molecule has 2 aromatic carbocycles. The zero-order valence-electron chi connectivity index (χ0n) is 26.3. The Labute approximate surface area is 265 Å². The van der Waals surface area contributed by atoms with Crippen LogP contribution in [0.2, 0.25) is 0 Å². The zero-order chi connectivity index (χ0) is 31.6. The number of unbranched alkanes of at least 4 members (excludes halogenated alkanes) is 1. The van der Waals surface area contributed by atoms with Crippen LogP contribution in [-0.4, -0.2) is 55.1 Å². The van der Waals surface area contributed by atoms with E-state index in [1.165, 1.54) is 0 Å². The number of aromatic nitrogens is 1. The lowest BCUT2D eigenvalue weighted by Gasteiger charge is -2.27. The van der Waals surface area contributed by atoms with Gasteiger partial charge in [0.2, 0.25) is 0 Å². The number of carbonyl (C=O) groups excluding carboxylic acids is 1. The first kappa shape index (κ1) is 31.4. The van der Waals surface area contributed by atoms with Crippen molar-refractivity contribution in [3.05, 3.63) is 64.9 Å². The maximum atomic E-state index is 13.8. The number of nitrogens with one attached hydrogen (secondary N) is 1. The van der Waals surface area contributed by atoms with Gasteiger partial charge in [0, 0.05) is 17.5 Å². The van der Waals surface area contributed by atoms with Gasteiger partial charge in [-0.05, 0) is 55.4 Å². The number of hydrogen-bond acceptors (Lipinski definition) is 8. The molecule has 0 atom stereocenters. The molecule has 2 fully saturated rings. The van der Waals surface area contributed by atoms with Gasteiger partial charge in [-0.25, -0.2) is 8.42 Å². The topological polar surface area (TPSA) is 123 Å². The van der Waals surface area contributed by atoms with Gasteiger partial charge in [0.1, 0.15) is 23.2 Å². The molecule has 1 aromatic heterocycles. The van der Waals surface area contributed by atoms with Gasteiger partial charge in [0.15, 0.2) is 5.82 Å². The van der Waals surface area contributed by atoms with E-state index in [9.17, 15) is 13.2 Å². The molecule has 1 amide bonds. The maximum Gasteiger partial charge on any atom is 0.263 e. The van der Waals surface area contributed by atoms with Crippen molar-refractivity contribution in [2.45, 2.75) is 102 Å². The van der Waals surface area contributed by atoms with Crippen LogP contribution in [0.15, 0.2) is 56.9 Å². The SMILES string of the molecule is CCCCC1=NC2(CCCC2)C(=O)N1Cc1ccc(-c2ccccc2S(=O)(=O)Nc2noc(C)c2CC)c(COC2COC2)c1. The van der Waals surface area contributed by atoms with E-state index in [1.807, 2.05) is 36.1 Å². The molecule has 3 heterocycles. The highest BCUT2D eigenvalue weighted by molar-refractivity contribution is 7.92. The third-order valence-corrected chi connectivity index (χ3v) is 10.5. The number of rotatable bonds is 13. The van der Waals surface area contributed by atoms with Crippen molar-refractivity contribution in [2.24, 2.45) is 4.99 Å². The highest BCUT2D eigenvalue weighted by Crippen LogP contribution is 2.40. The fraction of sp³-hybridized carbons (Fsp3) is 0.500. The highest BCUT2D eigenvalue weighted by Gasteiger charge is 2.49. The molecule has 0 unspecified atom stereocenters. The van der Waals surface area contributed by atoms with Crippen LogP contribution in [0.25, 0.3) is 11.1 Å². The van der Waals surface area contributed by atoms with E-state index in [0.29, 0.717) is 37.5 Å². The number of benzene rings is 2. The Morgan fingerprint density at radius 3 is 2.58 bits per heavy atom. The largest absolute Gasteiger partial charge is 0.376 e. The quantitative estimate of drug-likeness (QED) is 0.238. The van der Waals surface area contributed by atoms with E-state index in [4.69, 9.17) is 19.0 Å². The van der Waals surface area contributed by atoms with Crippen LogP contribution in [0.1, 0.15) is 81.2 Å². The number of anilines is 1. The number of nitrogens with zero attached hydrogens (tertiary/aromatic N) is 3. The summed E-state index contributed by atoms with van der Waals surface area (Å²) in [6.07, 6.45) is 7.03. The monoisotopic (exact) mass is 634 g/mol. The lowest BCUT2D eigenvalue weighted by Crippen LogP contribution is -2.40. The van der Waals surface area contributed by atoms with E-state index in [2.05, 4.69) is 16.8 Å². The van der Waals surface area contributed by atoms with Crippen LogP contribution >= 0.6 is 0 Å². The van der Waals surface area contributed by atoms with Crippen LogP contribution in [0.3, 0.4) is 0 Å². The van der Waals surface area contributed by atoms with Gasteiger partial charge in [-0.2, -0.15) is 0 Å². The van der Waals surface area contributed by atoms with Crippen molar-refractivity contribution in [3.63, 3.8) is 0 Å². The average Bonchev–Trinajstić information content (AvgIpc) is 3.69. The normalized spacial score (nSPS) is 18.1. The van der Waals surface area contributed by atoms with Crippen LogP contribution in [0, 0.1) is 6.92 Å². The summed E-state index contributed by atoms with van der Waals surface area (Å²) in [4.78, 5) is 20.8. The second kappa shape index (κ2) is 13.1. The highest BCUT2D eigenvalue weighted by atomic mass is 32.2. The molecule has 1 aliphatic carbocycles. The lowest BCUT2D eigenvalue weighted by molar-refractivity contribution is -0.135. The fourth-order valence-electron chi connectivity index (χ4n) is 6.52. The molecule has 0 bridgehead atoms. The van der Waals surface area contributed by atoms with Gasteiger partial charge in [-0.3, -0.25) is 19.4 Å². The molecular weight excluding hydrogens is 592 g/mol. The number of amidine groups is 1. The lowest BCUT2D eigenvalue weighted by atomic mass is 9.96. The molecule has 3 aromatic rings. The molecule has 1 saturated carbocycles. The molecular formula is C34H42N4O6S. The first-order chi connectivity index (χ1) is 21.7. The summed E-state index contributed by atoms with van der Waals surface area (Å²) < 4.78 is 47.0. The number of aryl methyl sites for hydroxylation is 1. The molecule has 1 spiro atoms. The van der Waals surface area contributed by atoms with Crippen molar-refractivity contribution in [2.75, 3.05) is 17.9 Å². The number of amides is 1.